The second-order valence-electron chi connectivity index (χ2n) is 9.41. The van der Waals surface area contributed by atoms with E-state index in [9.17, 15) is 14.7 Å². The summed E-state index contributed by atoms with van der Waals surface area (Å²) in [7, 11) is 1.32. The maximum absolute atomic E-state index is 12.8. The Balaban J connectivity index is 1.47. The minimum atomic E-state index is -1.12. The molecule has 0 radical (unpaired) electrons. The van der Waals surface area contributed by atoms with E-state index < -0.39 is 18.1 Å². The van der Waals surface area contributed by atoms with Gasteiger partial charge in [-0.25, -0.2) is 9.78 Å². The fraction of sp³-hybridized carbons (Fsp3) is 0.464. The molecule has 1 fully saturated rings. The van der Waals surface area contributed by atoms with Crippen LogP contribution >= 0.6 is 0 Å². The largest absolute Gasteiger partial charge is 0.465 e. The van der Waals surface area contributed by atoms with Crippen molar-refractivity contribution in [1.29, 1.82) is 0 Å². The van der Waals surface area contributed by atoms with Gasteiger partial charge in [0, 0.05) is 6.42 Å². The summed E-state index contributed by atoms with van der Waals surface area (Å²) in [6, 6.07) is 14.2. The van der Waals surface area contributed by atoms with Gasteiger partial charge in [-0.2, -0.15) is 0 Å². The van der Waals surface area contributed by atoms with Gasteiger partial charge >= 0.3 is 5.97 Å². The van der Waals surface area contributed by atoms with Gasteiger partial charge in [0.2, 0.25) is 11.8 Å². The van der Waals surface area contributed by atoms with Crippen LogP contribution in [-0.4, -0.2) is 35.1 Å². The average molecular weight is 479 g/mol. The second kappa shape index (κ2) is 12.0. The first-order valence-corrected chi connectivity index (χ1v) is 12.5. The van der Waals surface area contributed by atoms with Crippen LogP contribution in [-0.2, 0) is 16.0 Å². The molecule has 7 nitrogen and oxygen atoms in total. The standard InChI is InChI=1S/C28H34N2O5/c1-34-28(33)21-14-16-22-24(18-21)35-27(30-22)26(32)23(15-12-19-8-4-2-5-9-19)29-25(31)17-13-20-10-6-3-7-11-20/h2,4-5,8-9,14,16,18,20,23,26,32H,3,6-7,10-13,15,17H2,1H3,(H,29,31)/t23-,26?/m0/s1. The van der Waals surface area contributed by atoms with Crippen LogP contribution in [0.5, 0.6) is 0 Å². The summed E-state index contributed by atoms with van der Waals surface area (Å²) in [5.41, 5.74) is 2.37. The van der Waals surface area contributed by atoms with Gasteiger partial charge in [-0.1, -0.05) is 62.4 Å². The summed E-state index contributed by atoms with van der Waals surface area (Å²) in [5.74, 6) is 0.198. The van der Waals surface area contributed by atoms with Crippen LogP contribution in [0.4, 0.5) is 0 Å². The van der Waals surface area contributed by atoms with E-state index in [0.717, 1.165) is 12.0 Å². The van der Waals surface area contributed by atoms with E-state index in [1.807, 2.05) is 30.3 Å². The Hall–Kier alpha value is -3.19. The highest BCUT2D eigenvalue weighted by molar-refractivity contribution is 5.93. The molecule has 4 rings (SSSR count). The molecule has 1 heterocycles. The van der Waals surface area contributed by atoms with Crippen molar-refractivity contribution in [2.24, 2.45) is 5.92 Å². The molecule has 0 aliphatic heterocycles. The third-order valence-electron chi connectivity index (χ3n) is 6.90. The summed E-state index contributed by atoms with van der Waals surface area (Å²) < 4.78 is 10.6. The number of amides is 1. The molecule has 1 unspecified atom stereocenters. The van der Waals surface area contributed by atoms with Crippen molar-refractivity contribution < 1.29 is 23.8 Å². The highest BCUT2D eigenvalue weighted by Crippen LogP contribution is 2.28. The quantitative estimate of drug-likeness (QED) is 0.392. The number of aliphatic hydroxyl groups excluding tert-OH is 1. The van der Waals surface area contributed by atoms with E-state index in [1.54, 1.807) is 18.2 Å². The number of nitrogens with one attached hydrogen (secondary N) is 1. The zero-order valence-electron chi connectivity index (χ0n) is 20.2. The number of hydrogen-bond acceptors (Lipinski definition) is 6. The number of benzene rings is 2. The molecule has 3 aromatic rings. The molecule has 7 heteroatoms. The van der Waals surface area contributed by atoms with Crippen LogP contribution in [0.25, 0.3) is 11.1 Å². The number of oxazole rings is 1. The summed E-state index contributed by atoms with van der Waals surface area (Å²) in [6.45, 7) is 0. The van der Waals surface area contributed by atoms with Crippen molar-refractivity contribution in [2.75, 3.05) is 7.11 Å². The number of aromatic nitrogens is 1. The third kappa shape index (κ3) is 6.69. The molecule has 1 aliphatic rings. The van der Waals surface area contributed by atoms with Crippen molar-refractivity contribution >= 4 is 23.0 Å². The topological polar surface area (TPSA) is 102 Å². The van der Waals surface area contributed by atoms with Gasteiger partial charge in [-0.05, 0) is 48.9 Å². The highest BCUT2D eigenvalue weighted by Gasteiger charge is 2.28. The normalized spacial score (nSPS) is 16.1. The molecular formula is C28H34N2O5. The fourth-order valence-corrected chi connectivity index (χ4v) is 4.85. The lowest BCUT2D eigenvalue weighted by molar-refractivity contribution is -0.123. The third-order valence-corrected chi connectivity index (χ3v) is 6.90. The van der Waals surface area contributed by atoms with Crippen molar-refractivity contribution in [2.45, 2.75) is 69.9 Å². The summed E-state index contributed by atoms with van der Waals surface area (Å²) >= 11 is 0. The van der Waals surface area contributed by atoms with Crippen molar-refractivity contribution in [3.8, 4) is 0 Å². The monoisotopic (exact) mass is 478 g/mol. The number of carbonyl (C=O) groups is 2. The molecule has 186 valence electrons. The van der Waals surface area contributed by atoms with Gasteiger partial charge < -0.3 is 19.6 Å². The number of methoxy groups -OCH3 is 1. The molecule has 1 saturated carbocycles. The zero-order chi connectivity index (χ0) is 24.6. The maximum Gasteiger partial charge on any atom is 0.337 e. The van der Waals surface area contributed by atoms with Crippen molar-refractivity contribution in [3.05, 3.63) is 65.5 Å². The molecular weight excluding hydrogens is 444 g/mol. The number of hydrogen-bond donors (Lipinski definition) is 2. The first-order chi connectivity index (χ1) is 17.0. The molecule has 1 aromatic heterocycles. The van der Waals surface area contributed by atoms with Gasteiger partial charge in [0.05, 0.1) is 18.7 Å². The zero-order valence-corrected chi connectivity index (χ0v) is 20.2. The summed E-state index contributed by atoms with van der Waals surface area (Å²) in [6.07, 6.45) is 7.63. The van der Waals surface area contributed by atoms with Crippen LogP contribution in [0.2, 0.25) is 0 Å². The van der Waals surface area contributed by atoms with Crippen LogP contribution in [0.1, 0.15) is 79.3 Å². The van der Waals surface area contributed by atoms with E-state index in [1.165, 1.54) is 39.2 Å². The van der Waals surface area contributed by atoms with Crippen LogP contribution in [0, 0.1) is 5.92 Å². The lowest BCUT2D eigenvalue weighted by Gasteiger charge is -2.24. The number of aryl methyl sites for hydroxylation is 1. The Morgan fingerprint density at radius 2 is 1.91 bits per heavy atom. The Bertz CT molecular complexity index is 1120. The number of ether oxygens (including phenoxy) is 1. The molecule has 2 atom stereocenters. The first kappa shape index (κ1) is 24.9. The van der Waals surface area contributed by atoms with Gasteiger partial charge in [0.15, 0.2) is 11.7 Å². The van der Waals surface area contributed by atoms with Crippen LogP contribution in [0.15, 0.2) is 52.9 Å². The molecule has 0 saturated heterocycles. The SMILES string of the molecule is COC(=O)c1ccc2nc(C(O)[C@H](CCc3ccccc3)NC(=O)CCC3CCCCC3)oc2c1. The predicted molar refractivity (Wildman–Crippen MR) is 133 cm³/mol. The summed E-state index contributed by atoms with van der Waals surface area (Å²) in [4.78, 5) is 29.1. The van der Waals surface area contributed by atoms with E-state index in [2.05, 4.69) is 10.3 Å². The van der Waals surface area contributed by atoms with Gasteiger partial charge in [0.1, 0.15) is 5.52 Å². The lowest BCUT2D eigenvalue weighted by Crippen LogP contribution is -2.40. The number of fused-ring (bicyclic) bond motifs is 1. The molecule has 2 N–H and O–H groups in total. The average Bonchev–Trinajstić information content (AvgIpc) is 3.33. The van der Waals surface area contributed by atoms with Crippen molar-refractivity contribution in [1.82, 2.24) is 10.3 Å². The lowest BCUT2D eigenvalue weighted by atomic mass is 9.86. The number of esters is 1. The predicted octanol–water partition coefficient (Wildman–Crippen LogP) is 5.13. The fourth-order valence-electron chi connectivity index (χ4n) is 4.85. The van der Waals surface area contributed by atoms with Crippen molar-refractivity contribution in [3.63, 3.8) is 0 Å². The van der Waals surface area contributed by atoms with Crippen LogP contribution < -0.4 is 5.32 Å². The minimum Gasteiger partial charge on any atom is -0.465 e. The van der Waals surface area contributed by atoms with E-state index in [4.69, 9.17) is 9.15 Å². The summed E-state index contributed by atoms with van der Waals surface area (Å²) in [5, 5.41) is 14.2. The molecule has 0 spiro atoms. The minimum absolute atomic E-state index is 0.0585. The molecule has 35 heavy (non-hydrogen) atoms. The van der Waals surface area contributed by atoms with E-state index >= 15 is 0 Å². The molecule has 2 aromatic carbocycles. The molecule has 1 aliphatic carbocycles. The van der Waals surface area contributed by atoms with Crippen LogP contribution in [0.3, 0.4) is 0 Å². The highest BCUT2D eigenvalue weighted by atomic mass is 16.5. The first-order valence-electron chi connectivity index (χ1n) is 12.5. The number of rotatable bonds is 10. The van der Waals surface area contributed by atoms with E-state index in [-0.39, 0.29) is 11.8 Å². The molecule has 1 amide bonds. The Morgan fingerprint density at radius 1 is 1.14 bits per heavy atom. The number of carbonyl (C=O) groups excluding carboxylic acids is 2. The Kier molecular flexibility index (Phi) is 8.53. The number of aliphatic hydroxyl groups is 1. The number of nitrogens with zero attached hydrogens (tertiary/aromatic N) is 1. The van der Waals surface area contributed by atoms with Gasteiger partial charge in [-0.3, -0.25) is 4.79 Å². The van der Waals surface area contributed by atoms with E-state index in [0.29, 0.717) is 41.8 Å². The smallest absolute Gasteiger partial charge is 0.337 e. The molecule has 0 bridgehead atoms. The second-order valence-corrected chi connectivity index (χ2v) is 9.41. The van der Waals surface area contributed by atoms with Gasteiger partial charge in [0.25, 0.3) is 0 Å². The Morgan fingerprint density at radius 3 is 2.66 bits per heavy atom. The van der Waals surface area contributed by atoms with Gasteiger partial charge in [-0.15, -0.1) is 0 Å². The maximum atomic E-state index is 12.8. The Labute approximate surface area is 205 Å².